The van der Waals surface area contributed by atoms with Crippen LogP contribution in [-0.2, 0) is 6.54 Å². The summed E-state index contributed by atoms with van der Waals surface area (Å²) >= 11 is 6.22. The van der Waals surface area contributed by atoms with E-state index in [1.807, 2.05) is 37.3 Å². The molecule has 0 amide bonds. The zero-order valence-electron chi connectivity index (χ0n) is 18.3. The van der Waals surface area contributed by atoms with Crippen molar-refractivity contribution >= 4 is 34.1 Å². The van der Waals surface area contributed by atoms with E-state index in [1.165, 1.54) is 4.90 Å². The summed E-state index contributed by atoms with van der Waals surface area (Å²) in [5.74, 6) is 2.02. The van der Waals surface area contributed by atoms with Crippen molar-refractivity contribution in [2.24, 2.45) is 0 Å². The predicted octanol–water partition coefficient (Wildman–Crippen LogP) is 2.65. The number of nitrogens with zero attached hydrogens (tertiary/aromatic N) is 3. The van der Waals surface area contributed by atoms with Crippen LogP contribution < -0.4 is 18.9 Å². The number of hydrogen-bond acceptors (Lipinski definition) is 3. The predicted molar refractivity (Wildman–Crippen MR) is 126 cm³/mol. The van der Waals surface area contributed by atoms with Gasteiger partial charge in [-0.1, -0.05) is 23.7 Å². The summed E-state index contributed by atoms with van der Waals surface area (Å²) in [5, 5.41) is 10.5. The maximum Gasteiger partial charge on any atom is 0.250 e. The number of H-pyrrole nitrogens is 1. The Hall–Kier alpha value is -3.27. The molecular formula is C25H26ClN5O+2. The molecule has 0 atom stereocenters. The van der Waals surface area contributed by atoms with Crippen LogP contribution in [0.4, 0.5) is 5.82 Å². The Bertz CT molecular complexity index is 1350. The number of nitriles is 1. The molecule has 1 saturated heterocycles. The summed E-state index contributed by atoms with van der Waals surface area (Å²) in [6.07, 6.45) is 0. The maximum atomic E-state index is 9.76. The molecule has 5 rings (SSSR count). The lowest BCUT2D eigenvalue weighted by atomic mass is 10.1. The fourth-order valence-electron chi connectivity index (χ4n) is 4.76. The van der Waals surface area contributed by atoms with E-state index in [2.05, 4.69) is 38.6 Å². The van der Waals surface area contributed by atoms with E-state index in [9.17, 15) is 5.26 Å². The minimum Gasteiger partial charge on any atom is -0.496 e. The Kier molecular flexibility index (Phi) is 5.38. The highest BCUT2D eigenvalue weighted by atomic mass is 35.5. The monoisotopic (exact) mass is 447 g/mol. The summed E-state index contributed by atoms with van der Waals surface area (Å²) < 4.78 is 7.73. The van der Waals surface area contributed by atoms with Gasteiger partial charge >= 0.3 is 0 Å². The van der Waals surface area contributed by atoms with Gasteiger partial charge in [0.15, 0.2) is 0 Å². The molecule has 0 spiro atoms. The molecule has 2 aromatic carbocycles. The fourth-order valence-corrected chi connectivity index (χ4v) is 4.96. The average molecular weight is 448 g/mol. The van der Waals surface area contributed by atoms with Gasteiger partial charge in [0.25, 0.3) is 0 Å². The zero-order chi connectivity index (χ0) is 22.2. The molecule has 162 valence electrons. The van der Waals surface area contributed by atoms with Crippen molar-refractivity contribution < 1.29 is 14.0 Å². The highest BCUT2D eigenvalue weighted by molar-refractivity contribution is 6.30. The Balaban J connectivity index is 1.45. The van der Waals surface area contributed by atoms with Gasteiger partial charge in [0, 0.05) is 16.7 Å². The van der Waals surface area contributed by atoms with Gasteiger partial charge in [-0.05, 0) is 42.8 Å². The second-order valence-corrected chi connectivity index (χ2v) is 8.80. The summed E-state index contributed by atoms with van der Waals surface area (Å²) in [7, 11) is 1.71. The van der Waals surface area contributed by atoms with Gasteiger partial charge in [0.2, 0.25) is 11.5 Å². The van der Waals surface area contributed by atoms with E-state index in [-0.39, 0.29) is 0 Å². The third-order valence-corrected chi connectivity index (χ3v) is 6.65. The molecule has 1 fully saturated rings. The SMILES string of the molecule is COc1ccc(Cl)cc1C[NH+]1CCN(c2cc(C)c(C#N)c3[nH]c4ccccc4[n+]23)CC1. The summed E-state index contributed by atoms with van der Waals surface area (Å²) in [5.41, 5.74) is 5.82. The van der Waals surface area contributed by atoms with Crippen molar-refractivity contribution in [3.05, 3.63) is 70.2 Å². The summed E-state index contributed by atoms with van der Waals surface area (Å²) in [4.78, 5) is 7.40. The van der Waals surface area contributed by atoms with Crippen molar-refractivity contribution in [1.29, 1.82) is 5.26 Å². The third-order valence-electron chi connectivity index (χ3n) is 6.42. The topological polar surface area (TPSA) is 60.6 Å². The summed E-state index contributed by atoms with van der Waals surface area (Å²) in [6, 6.07) is 18.6. The Morgan fingerprint density at radius 2 is 1.97 bits per heavy atom. The molecule has 0 bridgehead atoms. The molecule has 1 aliphatic heterocycles. The maximum absolute atomic E-state index is 9.76. The van der Waals surface area contributed by atoms with Gasteiger partial charge in [-0.3, -0.25) is 9.88 Å². The van der Waals surface area contributed by atoms with Crippen molar-refractivity contribution in [3.63, 3.8) is 0 Å². The molecule has 32 heavy (non-hydrogen) atoms. The first kappa shape index (κ1) is 20.6. The molecule has 0 aliphatic carbocycles. The number of methoxy groups -OCH3 is 1. The molecule has 2 N–H and O–H groups in total. The minimum atomic E-state index is 0.697. The number of benzene rings is 2. The molecule has 2 aromatic heterocycles. The van der Waals surface area contributed by atoms with E-state index in [0.29, 0.717) is 5.56 Å². The number of ether oxygens (including phenoxy) is 1. The highest BCUT2D eigenvalue weighted by Gasteiger charge is 2.29. The van der Waals surface area contributed by atoms with E-state index < -0.39 is 0 Å². The van der Waals surface area contributed by atoms with Crippen LogP contribution in [0.15, 0.2) is 48.5 Å². The molecule has 6 nitrogen and oxygen atoms in total. The van der Waals surface area contributed by atoms with Crippen LogP contribution in [0.3, 0.4) is 0 Å². The van der Waals surface area contributed by atoms with Gasteiger partial charge in [-0.25, -0.2) is 0 Å². The lowest BCUT2D eigenvalue weighted by molar-refractivity contribution is -0.914. The Labute approximate surface area is 192 Å². The molecule has 0 saturated carbocycles. The van der Waals surface area contributed by atoms with Crippen LogP contribution >= 0.6 is 11.6 Å². The first-order valence-corrected chi connectivity index (χ1v) is 11.2. The van der Waals surface area contributed by atoms with Gasteiger partial charge in [0.05, 0.1) is 7.11 Å². The van der Waals surface area contributed by atoms with E-state index >= 15 is 0 Å². The third kappa shape index (κ3) is 3.54. The first-order chi connectivity index (χ1) is 15.6. The van der Waals surface area contributed by atoms with Crippen LogP contribution in [0.1, 0.15) is 16.7 Å². The lowest BCUT2D eigenvalue weighted by Gasteiger charge is -2.30. The number of para-hydroxylation sites is 2. The fraction of sp³-hybridized carbons (Fsp3) is 0.280. The Morgan fingerprint density at radius 3 is 2.72 bits per heavy atom. The lowest BCUT2D eigenvalue weighted by Crippen LogP contribution is -3.13. The number of aromatic amines is 1. The van der Waals surface area contributed by atoms with Gasteiger partial charge < -0.3 is 9.64 Å². The number of anilines is 1. The van der Waals surface area contributed by atoms with Crippen LogP contribution in [0.25, 0.3) is 16.7 Å². The average Bonchev–Trinajstić information content (AvgIpc) is 3.19. The van der Waals surface area contributed by atoms with Crippen molar-refractivity contribution in [3.8, 4) is 11.8 Å². The van der Waals surface area contributed by atoms with Gasteiger partial charge in [-0.15, -0.1) is 0 Å². The number of nitrogens with one attached hydrogen (secondary N) is 2. The number of pyridine rings is 1. The molecule has 0 radical (unpaired) electrons. The quantitative estimate of drug-likeness (QED) is 0.473. The normalized spacial score (nSPS) is 14.8. The molecule has 1 aliphatic rings. The van der Waals surface area contributed by atoms with Gasteiger partial charge in [0.1, 0.15) is 61.1 Å². The summed E-state index contributed by atoms with van der Waals surface area (Å²) in [6.45, 7) is 6.80. The van der Waals surface area contributed by atoms with Crippen molar-refractivity contribution in [2.75, 3.05) is 38.2 Å². The Morgan fingerprint density at radius 1 is 1.19 bits per heavy atom. The van der Waals surface area contributed by atoms with Crippen LogP contribution in [0, 0.1) is 18.3 Å². The number of halogens is 1. The highest BCUT2D eigenvalue weighted by Crippen LogP contribution is 2.23. The number of imidazole rings is 1. The smallest absolute Gasteiger partial charge is 0.250 e. The number of rotatable bonds is 4. The zero-order valence-corrected chi connectivity index (χ0v) is 19.0. The van der Waals surface area contributed by atoms with Crippen molar-refractivity contribution in [2.45, 2.75) is 13.5 Å². The number of aromatic nitrogens is 2. The van der Waals surface area contributed by atoms with E-state index in [4.69, 9.17) is 16.3 Å². The molecule has 0 unspecified atom stereocenters. The van der Waals surface area contributed by atoms with E-state index in [1.54, 1.807) is 7.11 Å². The second kappa shape index (κ2) is 8.34. The second-order valence-electron chi connectivity index (χ2n) is 8.37. The molecule has 4 aromatic rings. The van der Waals surface area contributed by atoms with E-state index in [0.717, 1.165) is 77.1 Å². The largest absolute Gasteiger partial charge is 0.496 e. The number of aryl methyl sites for hydroxylation is 1. The number of fused-ring (bicyclic) bond motifs is 3. The first-order valence-electron chi connectivity index (χ1n) is 10.9. The molecule has 3 heterocycles. The van der Waals surface area contributed by atoms with Crippen LogP contribution in [0.2, 0.25) is 5.02 Å². The molecular weight excluding hydrogens is 422 g/mol. The number of piperazine rings is 1. The van der Waals surface area contributed by atoms with Crippen molar-refractivity contribution in [1.82, 2.24) is 4.98 Å². The number of quaternary nitrogens is 1. The van der Waals surface area contributed by atoms with Crippen LogP contribution in [0.5, 0.6) is 5.75 Å². The standard InChI is InChI=1S/C25H24ClN5O/c1-17-13-24(31-22-6-4-3-5-21(22)28-25(31)20(17)15-27)30-11-9-29(10-12-30)16-18-14-19(26)7-8-23(18)32-2/h3-8,13-14H,9-12,16H2,1-2H3/p+2. The molecule has 7 heteroatoms. The number of hydrogen-bond donors (Lipinski definition) is 2. The van der Waals surface area contributed by atoms with Gasteiger partial charge in [-0.2, -0.15) is 9.66 Å². The minimum absolute atomic E-state index is 0.697. The van der Waals surface area contributed by atoms with Crippen LogP contribution in [-0.4, -0.2) is 38.3 Å².